The van der Waals surface area contributed by atoms with Crippen molar-refractivity contribution in [2.24, 2.45) is 10.9 Å². The highest BCUT2D eigenvalue weighted by Gasteiger charge is 2.29. The van der Waals surface area contributed by atoms with Crippen molar-refractivity contribution in [3.8, 4) is 5.88 Å². The van der Waals surface area contributed by atoms with E-state index >= 15 is 0 Å². The number of aliphatic imine (C=N–C) groups is 1. The zero-order valence-electron chi connectivity index (χ0n) is 15.1. The Hall–Kier alpha value is -1.26. The maximum absolute atomic E-state index is 12.4. The van der Waals surface area contributed by atoms with Gasteiger partial charge in [-0.15, -0.1) is 24.0 Å². The number of hydrogen-bond donors (Lipinski definition) is 1. The number of nitrogens with one attached hydrogen (secondary N) is 1. The van der Waals surface area contributed by atoms with Crippen LogP contribution in [0.25, 0.3) is 0 Å². The zero-order valence-corrected chi connectivity index (χ0v) is 17.4. The second-order valence-electron chi connectivity index (χ2n) is 6.21. The monoisotopic (exact) mass is 486 g/mol. The molecular formula is C17H26F3IN4O. The maximum atomic E-state index is 12.4. The summed E-state index contributed by atoms with van der Waals surface area (Å²) in [6.07, 6.45) is -0.762. The van der Waals surface area contributed by atoms with E-state index in [9.17, 15) is 13.2 Å². The van der Waals surface area contributed by atoms with Crippen molar-refractivity contribution < 1.29 is 17.9 Å². The Morgan fingerprint density at radius 3 is 2.69 bits per heavy atom. The first-order valence-corrected chi connectivity index (χ1v) is 8.55. The molecule has 0 aliphatic carbocycles. The molecular weight excluding hydrogens is 460 g/mol. The van der Waals surface area contributed by atoms with Crippen molar-refractivity contribution in [3.63, 3.8) is 0 Å². The fourth-order valence-corrected chi connectivity index (χ4v) is 2.63. The molecule has 1 aliphatic heterocycles. The van der Waals surface area contributed by atoms with E-state index in [2.05, 4.69) is 27.1 Å². The van der Waals surface area contributed by atoms with Gasteiger partial charge in [-0.25, -0.2) is 9.98 Å². The summed E-state index contributed by atoms with van der Waals surface area (Å²) >= 11 is 0. The van der Waals surface area contributed by atoms with Gasteiger partial charge in [0.05, 0.1) is 6.54 Å². The van der Waals surface area contributed by atoms with E-state index < -0.39 is 12.8 Å². The van der Waals surface area contributed by atoms with Crippen LogP contribution in [0.5, 0.6) is 5.88 Å². The van der Waals surface area contributed by atoms with Crippen molar-refractivity contribution in [3.05, 3.63) is 23.9 Å². The Bertz CT molecular complexity index is 575. The van der Waals surface area contributed by atoms with Gasteiger partial charge < -0.3 is 15.0 Å². The van der Waals surface area contributed by atoms with Crippen LogP contribution in [0.15, 0.2) is 23.3 Å². The predicted molar refractivity (Wildman–Crippen MR) is 106 cm³/mol. The number of aromatic nitrogens is 1. The van der Waals surface area contributed by atoms with E-state index in [0.717, 1.165) is 38.4 Å². The van der Waals surface area contributed by atoms with Crippen LogP contribution < -0.4 is 10.1 Å². The minimum absolute atomic E-state index is 0. The highest BCUT2D eigenvalue weighted by Crippen LogP contribution is 2.21. The van der Waals surface area contributed by atoms with Crippen LogP contribution in [0.4, 0.5) is 13.2 Å². The number of hydrogen-bond acceptors (Lipinski definition) is 3. The second-order valence-corrected chi connectivity index (χ2v) is 6.21. The average molecular weight is 486 g/mol. The summed E-state index contributed by atoms with van der Waals surface area (Å²) in [5.74, 6) is 1.46. The molecule has 2 heterocycles. The zero-order chi connectivity index (χ0) is 18.3. The molecule has 1 aliphatic rings. The number of halogens is 4. The fraction of sp³-hybridized carbons (Fsp3) is 0.647. The van der Waals surface area contributed by atoms with E-state index in [1.807, 2.05) is 6.92 Å². The van der Waals surface area contributed by atoms with Crippen LogP contribution in [0.1, 0.15) is 32.3 Å². The van der Waals surface area contributed by atoms with Gasteiger partial charge in [0.15, 0.2) is 12.6 Å². The van der Waals surface area contributed by atoms with Gasteiger partial charge in [-0.1, -0.05) is 13.0 Å². The molecule has 0 aromatic carbocycles. The van der Waals surface area contributed by atoms with Gasteiger partial charge in [0, 0.05) is 31.4 Å². The molecule has 0 unspecified atom stereocenters. The third-order valence-corrected chi connectivity index (χ3v) is 4.04. The van der Waals surface area contributed by atoms with E-state index in [-0.39, 0.29) is 36.4 Å². The van der Waals surface area contributed by atoms with Gasteiger partial charge in [-0.2, -0.15) is 13.2 Å². The van der Waals surface area contributed by atoms with E-state index in [1.165, 1.54) is 6.20 Å². The molecule has 5 nitrogen and oxygen atoms in total. The maximum Gasteiger partial charge on any atom is 0.422 e. The molecule has 0 bridgehead atoms. The smallest absolute Gasteiger partial charge is 0.422 e. The van der Waals surface area contributed by atoms with Gasteiger partial charge in [0.1, 0.15) is 0 Å². The first-order valence-electron chi connectivity index (χ1n) is 8.55. The third kappa shape index (κ3) is 7.55. The van der Waals surface area contributed by atoms with Crippen LogP contribution in [-0.4, -0.2) is 48.3 Å². The van der Waals surface area contributed by atoms with Gasteiger partial charge in [-0.3, -0.25) is 0 Å². The molecule has 9 heteroatoms. The molecule has 148 valence electrons. The number of pyridine rings is 1. The number of likely N-dealkylation sites (tertiary alicyclic amines) is 1. The summed E-state index contributed by atoms with van der Waals surface area (Å²) in [6.45, 7) is 5.68. The van der Waals surface area contributed by atoms with Crippen LogP contribution in [0, 0.1) is 5.92 Å². The Kier molecular flexibility index (Phi) is 9.45. The lowest BCUT2D eigenvalue weighted by Gasteiger charge is -2.33. The lowest BCUT2D eigenvalue weighted by molar-refractivity contribution is -0.154. The summed E-state index contributed by atoms with van der Waals surface area (Å²) in [4.78, 5) is 10.7. The molecule has 0 saturated carbocycles. The quantitative estimate of drug-likeness (QED) is 0.391. The largest absolute Gasteiger partial charge is 0.468 e. The third-order valence-electron chi connectivity index (χ3n) is 4.04. The predicted octanol–water partition coefficient (Wildman–Crippen LogP) is 3.84. The summed E-state index contributed by atoms with van der Waals surface area (Å²) in [7, 11) is 0. The van der Waals surface area contributed by atoms with Gasteiger partial charge >= 0.3 is 6.18 Å². The highest BCUT2D eigenvalue weighted by molar-refractivity contribution is 14.0. The molecule has 26 heavy (non-hydrogen) atoms. The molecule has 0 atom stereocenters. The number of ether oxygens (including phenoxy) is 1. The van der Waals surface area contributed by atoms with E-state index in [0.29, 0.717) is 11.5 Å². The molecule has 0 spiro atoms. The highest BCUT2D eigenvalue weighted by atomic mass is 127. The lowest BCUT2D eigenvalue weighted by Crippen LogP contribution is -2.45. The van der Waals surface area contributed by atoms with Crippen LogP contribution in [0.2, 0.25) is 0 Å². The Labute approximate surface area is 169 Å². The Morgan fingerprint density at radius 2 is 2.08 bits per heavy atom. The summed E-state index contributed by atoms with van der Waals surface area (Å²) in [5, 5.41) is 3.25. The molecule has 1 fully saturated rings. The molecule has 0 amide bonds. The van der Waals surface area contributed by atoms with Crippen LogP contribution in [-0.2, 0) is 6.54 Å². The number of guanidine groups is 1. The number of nitrogens with zero attached hydrogens (tertiary/aromatic N) is 3. The first-order chi connectivity index (χ1) is 11.9. The summed E-state index contributed by atoms with van der Waals surface area (Å²) in [6, 6.07) is 3.35. The Balaban J connectivity index is 0.00000338. The topological polar surface area (TPSA) is 49.8 Å². The van der Waals surface area contributed by atoms with Crippen LogP contribution in [0.3, 0.4) is 0 Å². The van der Waals surface area contributed by atoms with E-state index in [4.69, 9.17) is 4.74 Å². The van der Waals surface area contributed by atoms with Crippen molar-refractivity contribution >= 4 is 29.9 Å². The molecule has 1 N–H and O–H groups in total. The van der Waals surface area contributed by atoms with Gasteiger partial charge in [0.2, 0.25) is 5.88 Å². The molecule has 2 rings (SSSR count). The number of piperidine rings is 1. The molecule has 0 radical (unpaired) electrons. The summed E-state index contributed by atoms with van der Waals surface area (Å²) < 4.78 is 41.9. The molecule has 1 aromatic heterocycles. The number of rotatable bonds is 5. The molecule has 1 saturated heterocycles. The molecule has 1 aromatic rings. The van der Waals surface area contributed by atoms with E-state index in [1.54, 1.807) is 12.1 Å². The van der Waals surface area contributed by atoms with Crippen molar-refractivity contribution in [1.82, 2.24) is 15.2 Å². The van der Waals surface area contributed by atoms with Crippen molar-refractivity contribution in [2.45, 2.75) is 39.4 Å². The van der Waals surface area contributed by atoms with Gasteiger partial charge in [0.25, 0.3) is 0 Å². The fourth-order valence-electron chi connectivity index (χ4n) is 2.63. The lowest BCUT2D eigenvalue weighted by atomic mass is 10.00. The van der Waals surface area contributed by atoms with Crippen LogP contribution >= 0.6 is 24.0 Å². The van der Waals surface area contributed by atoms with Crippen molar-refractivity contribution in [1.29, 1.82) is 0 Å². The minimum Gasteiger partial charge on any atom is -0.468 e. The SMILES string of the molecule is CCNC(=NCc1cccnc1OCC(F)(F)F)N1CCC(C)CC1.I. The number of alkyl halides is 3. The normalized spacial score (nSPS) is 16.2. The average Bonchev–Trinajstić information content (AvgIpc) is 2.57. The van der Waals surface area contributed by atoms with Gasteiger partial charge in [-0.05, 0) is 31.7 Å². The van der Waals surface area contributed by atoms with Crippen molar-refractivity contribution in [2.75, 3.05) is 26.2 Å². The Morgan fingerprint density at radius 1 is 1.38 bits per heavy atom. The minimum atomic E-state index is -4.39. The summed E-state index contributed by atoms with van der Waals surface area (Å²) in [5.41, 5.74) is 0.535. The first kappa shape index (κ1) is 22.8. The standard InChI is InChI=1S/C17H25F3N4O.HI/c1-3-21-16(24-9-6-13(2)7-10-24)23-11-14-5-4-8-22-15(14)25-12-17(18,19)20;/h4-5,8,13H,3,6-7,9-12H2,1-2H3,(H,21,23);1H. The second kappa shape index (κ2) is 10.8.